The zero-order chi connectivity index (χ0) is 29.4. The standard InChI is InChI=1S/C41H29N3/c1-41(2)34-22-11-9-18-30(34)39-37(41)31-19-10-12-23-35(31)44(39)36-24-32-28(26-14-5-3-6-15-26)20-13-21-29(32)38-33(36)25-42-40(43-38)27-16-7-4-8-17-27/h3-25H,1-2H3. The van der Waals surface area contributed by atoms with Crippen molar-refractivity contribution >= 4 is 32.6 Å². The summed E-state index contributed by atoms with van der Waals surface area (Å²) in [5.41, 5.74) is 11.8. The Balaban J connectivity index is 1.46. The summed E-state index contributed by atoms with van der Waals surface area (Å²) >= 11 is 0. The van der Waals surface area contributed by atoms with Crippen LogP contribution in [0.2, 0.25) is 0 Å². The molecule has 0 radical (unpaired) electrons. The van der Waals surface area contributed by atoms with Gasteiger partial charge in [0, 0.05) is 38.9 Å². The quantitative estimate of drug-likeness (QED) is 0.200. The molecular formula is C41H29N3. The Kier molecular flexibility index (Phi) is 5.24. The first-order chi connectivity index (χ1) is 21.6. The van der Waals surface area contributed by atoms with E-state index in [1.165, 1.54) is 49.8 Å². The molecule has 9 rings (SSSR count). The molecule has 3 nitrogen and oxygen atoms in total. The van der Waals surface area contributed by atoms with Crippen molar-refractivity contribution in [1.29, 1.82) is 0 Å². The zero-order valence-corrected chi connectivity index (χ0v) is 24.6. The molecule has 0 saturated heterocycles. The van der Waals surface area contributed by atoms with Crippen molar-refractivity contribution in [2.24, 2.45) is 0 Å². The van der Waals surface area contributed by atoms with Crippen LogP contribution in [0.25, 0.3) is 72.0 Å². The second-order valence-corrected chi connectivity index (χ2v) is 12.2. The van der Waals surface area contributed by atoms with E-state index >= 15 is 0 Å². The van der Waals surface area contributed by atoms with Gasteiger partial charge in [-0.3, -0.25) is 0 Å². The first-order valence-electron chi connectivity index (χ1n) is 15.2. The largest absolute Gasteiger partial charge is 0.308 e. The van der Waals surface area contributed by atoms with Crippen molar-refractivity contribution in [3.63, 3.8) is 0 Å². The highest BCUT2D eigenvalue weighted by Crippen LogP contribution is 2.54. The third-order valence-corrected chi connectivity index (χ3v) is 9.42. The maximum absolute atomic E-state index is 5.30. The number of benzene rings is 6. The molecule has 1 aliphatic rings. The van der Waals surface area contributed by atoms with Gasteiger partial charge in [-0.15, -0.1) is 0 Å². The average molecular weight is 564 g/mol. The van der Waals surface area contributed by atoms with Gasteiger partial charge in [0.1, 0.15) is 0 Å². The van der Waals surface area contributed by atoms with E-state index in [0.717, 1.165) is 33.4 Å². The second-order valence-electron chi connectivity index (χ2n) is 12.2. The number of para-hydroxylation sites is 1. The van der Waals surface area contributed by atoms with Crippen LogP contribution in [-0.2, 0) is 5.41 Å². The summed E-state index contributed by atoms with van der Waals surface area (Å²) in [7, 11) is 0. The van der Waals surface area contributed by atoms with Gasteiger partial charge in [0.05, 0.1) is 22.4 Å². The number of aromatic nitrogens is 3. The van der Waals surface area contributed by atoms with Gasteiger partial charge in [-0.1, -0.05) is 135 Å². The minimum absolute atomic E-state index is 0.129. The monoisotopic (exact) mass is 563 g/mol. The van der Waals surface area contributed by atoms with Crippen LogP contribution in [-0.4, -0.2) is 14.5 Å². The Bertz CT molecular complexity index is 2400. The number of nitrogens with zero attached hydrogens (tertiary/aromatic N) is 3. The van der Waals surface area contributed by atoms with E-state index in [1.807, 2.05) is 24.4 Å². The van der Waals surface area contributed by atoms with Crippen molar-refractivity contribution in [3.8, 4) is 39.5 Å². The molecule has 8 aromatic rings. The summed E-state index contributed by atoms with van der Waals surface area (Å²) in [5, 5.41) is 4.62. The molecule has 0 spiro atoms. The van der Waals surface area contributed by atoms with Crippen LogP contribution in [0.4, 0.5) is 0 Å². The molecular weight excluding hydrogens is 534 g/mol. The fourth-order valence-electron chi connectivity index (χ4n) is 7.44. The van der Waals surface area contributed by atoms with E-state index < -0.39 is 0 Å². The summed E-state index contributed by atoms with van der Waals surface area (Å²) in [6.07, 6.45) is 2.03. The molecule has 0 aliphatic heterocycles. The maximum atomic E-state index is 5.30. The zero-order valence-electron chi connectivity index (χ0n) is 24.6. The van der Waals surface area contributed by atoms with Gasteiger partial charge >= 0.3 is 0 Å². The molecule has 0 amide bonds. The van der Waals surface area contributed by atoms with Crippen LogP contribution in [0, 0.1) is 0 Å². The first kappa shape index (κ1) is 25.0. The van der Waals surface area contributed by atoms with Gasteiger partial charge in [-0.2, -0.15) is 0 Å². The minimum atomic E-state index is -0.129. The molecule has 2 aromatic heterocycles. The Morgan fingerprint density at radius 2 is 1.23 bits per heavy atom. The summed E-state index contributed by atoms with van der Waals surface area (Å²) in [5.74, 6) is 0.732. The smallest absolute Gasteiger partial charge is 0.159 e. The van der Waals surface area contributed by atoms with Gasteiger partial charge in [-0.05, 0) is 39.8 Å². The highest BCUT2D eigenvalue weighted by Gasteiger charge is 2.40. The number of hydrogen-bond acceptors (Lipinski definition) is 2. The fourth-order valence-corrected chi connectivity index (χ4v) is 7.44. The molecule has 3 heteroatoms. The third kappa shape index (κ3) is 3.44. The van der Waals surface area contributed by atoms with Crippen molar-refractivity contribution in [3.05, 3.63) is 151 Å². The Morgan fingerprint density at radius 3 is 2.05 bits per heavy atom. The van der Waals surface area contributed by atoms with E-state index in [4.69, 9.17) is 9.97 Å². The van der Waals surface area contributed by atoms with Gasteiger partial charge in [0.25, 0.3) is 0 Å². The highest BCUT2D eigenvalue weighted by molar-refractivity contribution is 6.14. The van der Waals surface area contributed by atoms with Crippen LogP contribution < -0.4 is 0 Å². The lowest BCUT2D eigenvalue weighted by molar-refractivity contribution is 0.666. The van der Waals surface area contributed by atoms with Gasteiger partial charge in [-0.25, -0.2) is 9.97 Å². The molecule has 0 N–H and O–H groups in total. The van der Waals surface area contributed by atoms with Gasteiger partial charge in [0.15, 0.2) is 5.82 Å². The van der Waals surface area contributed by atoms with E-state index in [-0.39, 0.29) is 5.41 Å². The molecule has 0 saturated carbocycles. The fraction of sp³-hybridized carbons (Fsp3) is 0.0732. The van der Waals surface area contributed by atoms with Crippen LogP contribution in [0.15, 0.2) is 140 Å². The molecule has 0 unspecified atom stereocenters. The van der Waals surface area contributed by atoms with E-state index in [2.05, 4.69) is 134 Å². The summed E-state index contributed by atoms with van der Waals surface area (Å²) in [4.78, 5) is 10.3. The van der Waals surface area contributed by atoms with Gasteiger partial charge in [0.2, 0.25) is 0 Å². The molecule has 0 bridgehead atoms. The number of rotatable bonds is 3. The van der Waals surface area contributed by atoms with E-state index in [0.29, 0.717) is 0 Å². The summed E-state index contributed by atoms with van der Waals surface area (Å²) in [6, 6.07) is 47.6. The Morgan fingerprint density at radius 1 is 0.568 bits per heavy atom. The third-order valence-electron chi connectivity index (χ3n) is 9.42. The van der Waals surface area contributed by atoms with Crippen molar-refractivity contribution in [2.45, 2.75) is 19.3 Å². The highest BCUT2D eigenvalue weighted by atomic mass is 15.0. The molecule has 208 valence electrons. The normalized spacial score (nSPS) is 13.4. The molecule has 44 heavy (non-hydrogen) atoms. The van der Waals surface area contributed by atoms with E-state index in [9.17, 15) is 0 Å². The predicted molar refractivity (Wildman–Crippen MR) is 182 cm³/mol. The molecule has 2 heterocycles. The van der Waals surface area contributed by atoms with Gasteiger partial charge < -0.3 is 4.57 Å². The van der Waals surface area contributed by atoms with Crippen LogP contribution >= 0.6 is 0 Å². The molecule has 1 aliphatic carbocycles. The van der Waals surface area contributed by atoms with Crippen LogP contribution in [0.3, 0.4) is 0 Å². The lowest BCUT2D eigenvalue weighted by Crippen LogP contribution is -2.14. The van der Waals surface area contributed by atoms with E-state index in [1.54, 1.807) is 0 Å². The topological polar surface area (TPSA) is 30.7 Å². The maximum Gasteiger partial charge on any atom is 0.159 e. The molecule has 0 fully saturated rings. The lowest BCUT2D eigenvalue weighted by atomic mass is 9.81. The van der Waals surface area contributed by atoms with Crippen LogP contribution in [0.5, 0.6) is 0 Å². The number of hydrogen-bond donors (Lipinski definition) is 0. The van der Waals surface area contributed by atoms with Crippen molar-refractivity contribution in [1.82, 2.24) is 14.5 Å². The Labute approximate surface area is 256 Å². The molecule has 6 aromatic carbocycles. The molecule has 0 atom stereocenters. The minimum Gasteiger partial charge on any atom is -0.308 e. The second kappa shape index (κ2) is 9.23. The van der Waals surface area contributed by atoms with Crippen LogP contribution in [0.1, 0.15) is 25.0 Å². The first-order valence-corrected chi connectivity index (χ1v) is 15.2. The summed E-state index contributed by atoms with van der Waals surface area (Å²) in [6.45, 7) is 4.71. The SMILES string of the molecule is CC1(C)c2ccccc2-c2c1c1ccccc1n2-c1cc2c(-c3ccccc3)cccc2c2nc(-c3ccccc3)ncc12. The predicted octanol–water partition coefficient (Wildman–Crippen LogP) is 10.4. The van der Waals surface area contributed by atoms with Crippen molar-refractivity contribution in [2.75, 3.05) is 0 Å². The average Bonchev–Trinajstić information content (AvgIpc) is 3.55. The number of fused-ring (bicyclic) bond motifs is 8. The Hall–Kier alpha value is -5.54. The van der Waals surface area contributed by atoms with Crippen molar-refractivity contribution < 1.29 is 0 Å². The lowest BCUT2D eigenvalue weighted by Gasteiger charge is -2.21. The summed E-state index contributed by atoms with van der Waals surface area (Å²) < 4.78 is 2.48.